The summed E-state index contributed by atoms with van der Waals surface area (Å²) >= 11 is 0. The molecule has 6 heteroatoms. The average molecular weight is 295 g/mol. The molecule has 0 saturated heterocycles. The van der Waals surface area contributed by atoms with Gasteiger partial charge < -0.3 is 15.2 Å². The van der Waals surface area contributed by atoms with Gasteiger partial charge in [0.25, 0.3) is 5.91 Å². The molecular weight excluding hydrogens is 282 g/mol. The number of fused-ring (bicyclic) bond motifs is 1. The van der Waals surface area contributed by atoms with E-state index in [1.54, 1.807) is 37.3 Å². The first kappa shape index (κ1) is 13.8. The third kappa shape index (κ3) is 2.31. The molecule has 0 saturated carbocycles. The number of hydrogen-bond acceptors (Lipinski definition) is 4. The Morgan fingerprint density at radius 1 is 1.09 bits per heavy atom. The Morgan fingerprint density at radius 3 is 2.68 bits per heavy atom. The lowest BCUT2D eigenvalue weighted by Gasteiger charge is -2.01. The quantitative estimate of drug-likeness (QED) is 0.627. The molecule has 1 amide bonds. The topological polar surface area (TPSA) is 98.0 Å². The van der Waals surface area contributed by atoms with Gasteiger partial charge in [0.1, 0.15) is 5.75 Å². The van der Waals surface area contributed by atoms with Crippen molar-refractivity contribution in [3.63, 3.8) is 0 Å². The summed E-state index contributed by atoms with van der Waals surface area (Å²) in [5.74, 6) is -0.952. The minimum Gasteiger partial charge on any atom is -0.507 e. The number of azo groups is 1. The van der Waals surface area contributed by atoms with Crippen LogP contribution in [0.5, 0.6) is 11.6 Å². The van der Waals surface area contributed by atoms with Gasteiger partial charge in [0.05, 0.1) is 11.1 Å². The van der Waals surface area contributed by atoms with E-state index in [4.69, 9.17) is 0 Å². The predicted molar refractivity (Wildman–Crippen MR) is 81.7 cm³/mol. The van der Waals surface area contributed by atoms with Gasteiger partial charge in [-0.3, -0.25) is 4.79 Å². The van der Waals surface area contributed by atoms with E-state index in [2.05, 4.69) is 15.2 Å². The number of para-hydroxylation sites is 2. The van der Waals surface area contributed by atoms with E-state index in [1.807, 2.05) is 6.07 Å². The molecule has 0 fully saturated rings. The number of carbonyl (C=O) groups excluding carboxylic acids is 1. The average Bonchev–Trinajstić information content (AvgIpc) is 2.83. The first-order valence-corrected chi connectivity index (χ1v) is 6.62. The highest BCUT2D eigenvalue weighted by molar-refractivity contribution is 5.98. The molecule has 3 aromatic rings. The summed E-state index contributed by atoms with van der Waals surface area (Å²) in [7, 11) is 0. The maximum atomic E-state index is 12.0. The summed E-state index contributed by atoms with van der Waals surface area (Å²) in [6.45, 7) is 1.69. The van der Waals surface area contributed by atoms with Crippen molar-refractivity contribution < 1.29 is 15.0 Å². The molecule has 0 aliphatic carbocycles. The summed E-state index contributed by atoms with van der Waals surface area (Å²) in [6.07, 6.45) is 0. The highest BCUT2D eigenvalue weighted by Gasteiger charge is 2.14. The van der Waals surface area contributed by atoms with E-state index in [-0.39, 0.29) is 22.9 Å². The fourth-order valence-corrected chi connectivity index (χ4v) is 2.19. The van der Waals surface area contributed by atoms with Gasteiger partial charge >= 0.3 is 0 Å². The van der Waals surface area contributed by atoms with Crippen LogP contribution in [0.3, 0.4) is 0 Å². The van der Waals surface area contributed by atoms with Crippen molar-refractivity contribution in [3.8, 4) is 11.6 Å². The first-order valence-electron chi connectivity index (χ1n) is 6.62. The summed E-state index contributed by atoms with van der Waals surface area (Å²) in [5.41, 5.74) is 1.54. The van der Waals surface area contributed by atoms with Crippen LogP contribution >= 0.6 is 0 Å². The van der Waals surface area contributed by atoms with Gasteiger partial charge in [-0.15, -0.1) is 10.2 Å². The summed E-state index contributed by atoms with van der Waals surface area (Å²) in [6, 6.07) is 12.0. The zero-order valence-electron chi connectivity index (χ0n) is 11.7. The normalized spacial score (nSPS) is 11.3. The number of aromatic nitrogens is 1. The standard InChI is InChI=1S/C16H13N3O3/c1-9-5-4-7-11(14(9)20)15(21)19-18-13-10-6-2-3-8-12(10)17-16(13)22/h2-8,17,20,22H,1H3. The third-order valence-corrected chi connectivity index (χ3v) is 3.37. The lowest BCUT2D eigenvalue weighted by molar-refractivity contribution is 0.0992. The number of aromatic hydroxyl groups is 2. The van der Waals surface area contributed by atoms with Gasteiger partial charge in [0.2, 0.25) is 5.88 Å². The number of aryl methyl sites for hydroxylation is 1. The Balaban J connectivity index is 1.98. The highest BCUT2D eigenvalue weighted by atomic mass is 16.3. The van der Waals surface area contributed by atoms with Crippen LogP contribution in [0.25, 0.3) is 10.9 Å². The van der Waals surface area contributed by atoms with Crippen LogP contribution in [0.4, 0.5) is 5.69 Å². The van der Waals surface area contributed by atoms with E-state index in [1.165, 1.54) is 6.07 Å². The molecule has 0 spiro atoms. The minimum atomic E-state index is -0.675. The van der Waals surface area contributed by atoms with Crippen molar-refractivity contribution in [2.45, 2.75) is 6.92 Å². The van der Waals surface area contributed by atoms with Crippen LogP contribution in [0, 0.1) is 6.92 Å². The monoisotopic (exact) mass is 295 g/mol. The van der Waals surface area contributed by atoms with Gasteiger partial charge in [-0.2, -0.15) is 0 Å². The molecular formula is C16H13N3O3. The van der Waals surface area contributed by atoms with E-state index in [0.717, 1.165) is 0 Å². The zero-order valence-corrected chi connectivity index (χ0v) is 11.7. The fourth-order valence-electron chi connectivity index (χ4n) is 2.19. The van der Waals surface area contributed by atoms with E-state index >= 15 is 0 Å². The molecule has 110 valence electrons. The molecule has 0 atom stereocenters. The van der Waals surface area contributed by atoms with Gasteiger partial charge in [0.15, 0.2) is 5.69 Å². The van der Waals surface area contributed by atoms with Crippen molar-refractivity contribution >= 4 is 22.5 Å². The lowest BCUT2D eigenvalue weighted by atomic mass is 10.1. The third-order valence-electron chi connectivity index (χ3n) is 3.37. The number of H-pyrrole nitrogens is 1. The largest absolute Gasteiger partial charge is 0.507 e. The maximum absolute atomic E-state index is 12.0. The van der Waals surface area contributed by atoms with Crippen molar-refractivity contribution in [1.29, 1.82) is 0 Å². The molecule has 22 heavy (non-hydrogen) atoms. The SMILES string of the molecule is Cc1cccc(C(=O)N=Nc2c(O)[nH]c3ccccc23)c1O. The zero-order chi connectivity index (χ0) is 15.7. The van der Waals surface area contributed by atoms with E-state index < -0.39 is 5.91 Å². The second-order valence-electron chi connectivity index (χ2n) is 4.84. The molecule has 1 heterocycles. The second kappa shape index (κ2) is 5.33. The number of aromatic amines is 1. The van der Waals surface area contributed by atoms with Crippen LogP contribution in [-0.4, -0.2) is 21.1 Å². The smallest absolute Gasteiger partial charge is 0.299 e. The number of nitrogens with one attached hydrogen (secondary N) is 1. The maximum Gasteiger partial charge on any atom is 0.299 e. The summed E-state index contributed by atoms with van der Waals surface area (Å²) < 4.78 is 0. The Kier molecular flexibility index (Phi) is 3.34. The van der Waals surface area contributed by atoms with Crippen molar-refractivity contribution in [3.05, 3.63) is 53.6 Å². The van der Waals surface area contributed by atoms with E-state index in [0.29, 0.717) is 16.5 Å². The molecule has 3 N–H and O–H groups in total. The van der Waals surface area contributed by atoms with Crippen molar-refractivity contribution in [1.82, 2.24) is 4.98 Å². The Bertz CT molecular complexity index is 897. The Hall–Kier alpha value is -3.15. The van der Waals surface area contributed by atoms with Crippen LogP contribution in [0.15, 0.2) is 52.7 Å². The molecule has 0 aliphatic rings. The number of amides is 1. The van der Waals surface area contributed by atoms with Crippen LogP contribution < -0.4 is 0 Å². The van der Waals surface area contributed by atoms with Crippen LogP contribution in [0.1, 0.15) is 15.9 Å². The molecule has 0 bridgehead atoms. The molecule has 0 unspecified atom stereocenters. The van der Waals surface area contributed by atoms with Gasteiger partial charge in [-0.05, 0) is 24.6 Å². The van der Waals surface area contributed by atoms with Crippen molar-refractivity contribution in [2.24, 2.45) is 10.2 Å². The summed E-state index contributed by atoms with van der Waals surface area (Å²) in [4.78, 5) is 14.8. The number of phenols is 1. The van der Waals surface area contributed by atoms with Gasteiger partial charge in [-0.1, -0.05) is 30.3 Å². The molecule has 0 radical (unpaired) electrons. The molecule has 3 rings (SSSR count). The Labute approximate surface area is 125 Å². The highest BCUT2D eigenvalue weighted by Crippen LogP contribution is 2.35. The fraction of sp³-hybridized carbons (Fsp3) is 0.0625. The number of hydrogen-bond donors (Lipinski definition) is 3. The second-order valence-corrected chi connectivity index (χ2v) is 4.84. The van der Waals surface area contributed by atoms with Crippen LogP contribution in [0.2, 0.25) is 0 Å². The number of nitrogens with zero attached hydrogens (tertiary/aromatic N) is 2. The molecule has 2 aromatic carbocycles. The number of rotatable bonds is 2. The molecule has 1 aromatic heterocycles. The Morgan fingerprint density at radius 2 is 1.86 bits per heavy atom. The van der Waals surface area contributed by atoms with Crippen LogP contribution in [-0.2, 0) is 0 Å². The number of carbonyl (C=O) groups is 1. The molecule has 0 aliphatic heterocycles. The van der Waals surface area contributed by atoms with Gasteiger partial charge in [-0.25, -0.2) is 0 Å². The number of benzene rings is 2. The first-order chi connectivity index (χ1) is 10.6. The summed E-state index contributed by atoms with van der Waals surface area (Å²) in [5, 5.41) is 27.8. The van der Waals surface area contributed by atoms with E-state index in [9.17, 15) is 15.0 Å². The lowest BCUT2D eigenvalue weighted by Crippen LogP contribution is -1.95. The molecule has 6 nitrogen and oxygen atoms in total. The minimum absolute atomic E-state index is 0.0723. The predicted octanol–water partition coefficient (Wildman–Crippen LogP) is 3.81. The van der Waals surface area contributed by atoms with Crippen molar-refractivity contribution in [2.75, 3.05) is 0 Å². The van der Waals surface area contributed by atoms with Gasteiger partial charge in [0, 0.05) is 5.39 Å². The number of phenolic OH excluding ortho intramolecular Hbond substituents is 1.